The van der Waals surface area contributed by atoms with Crippen molar-refractivity contribution in [1.29, 1.82) is 0 Å². The molecule has 2 aliphatic rings. The number of aromatic nitrogens is 2. The van der Waals surface area contributed by atoms with Gasteiger partial charge in [-0.2, -0.15) is 0 Å². The normalized spacial score (nSPS) is 16.5. The summed E-state index contributed by atoms with van der Waals surface area (Å²) in [5.41, 5.74) is 1.87. The number of hydrogen-bond donors (Lipinski definition) is 1. The van der Waals surface area contributed by atoms with Crippen LogP contribution in [0.15, 0.2) is 24.3 Å². The number of hydrogen-bond acceptors (Lipinski definition) is 6. The van der Waals surface area contributed by atoms with Crippen molar-refractivity contribution in [2.75, 3.05) is 43.9 Å². The molecule has 0 bridgehead atoms. The summed E-state index contributed by atoms with van der Waals surface area (Å²) in [4.78, 5) is 13.7. The van der Waals surface area contributed by atoms with E-state index >= 15 is 0 Å². The molecule has 0 amide bonds. The zero-order chi connectivity index (χ0) is 21.3. The highest BCUT2D eigenvalue weighted by atomic mass is 19.4. The fourth-order valence-corrected chi connectivity index (χ4v) is 3.56. The molecule has 162 valence electrons. The van der Waals surface area contributed by atoms with Crippen LogP contribution in [0, 0.1) is 0 Å². The van der Waals surface area contributed by atoms with E-state index in [4.69, 9.17) is 4.98 Å². The van der Waals surface area contributed by atoms with E-state index in [1.807, 2.05) is 20.2 Å². The van der Waals surface area contributed by atoms with Gasteiger partial charge in [-0.05, 0) is 56.6 Å². The predicted molar refractivity (Wildman–Crippen MR) is 109 cm³/mol. The van der Waals surface area contributed by atoms with Crippen molar-refractivity contribution in [3.63, 3.8) is 0 Å². The molecule has 1 N–H and O–H groups in total. The zero-order valence-electron chi connectivity index (χ0n) is 17.2. The number of anilines is 2. The Morgan fingerprint density at radius 1 is 1.17 bits per heavy atom. The van der Waals surface area contributed by atoms with E-state index in [1.54, 1.807) is 6.07 Å². The highest BCUT2D eigenvalue weighted by molar-refractivity contribution is 5.52. The third-order valence-electron chi connectivity index (χ3n) is 5.29. The van der Waals surface area contributed by atoms with Crippen LogP contribution in [0.25, 0.3) is 0 Å². The van der Waals surface area contributed by atoms with Crippen molar-refractivity contribution < 1.29 is 17.9 Å². The molecular weight excluding hydrogens is 395 g/mol. The molecule has 0 radical (unpaired) electrons. The molecule has 4 rings (SSSR count). The van der Waals surface area contributed by atoms with E-state index in [2.05, 4.69) is 24.8 Å². The number of ether oxygens (including phenoxy) is 1. The van der Waals surface area contributed by atoms with Gasteiger partial charge in [0.2, 0.25) is 0 Å². The van der Waals surface area contributed by atoms with Crippen molar-refractivity contribution in [1.82, 2.24) is 14.9 Å². The Hall–Kier alpha value is -2.55. The molecule has 9 heteroatoms. The van der Waals surface area contributed by atoms with Crippen LogP contribution < -0.4 is 15.0 Å². The molecule has 2 heterocycles. The summed E-state index contributed by atoms with van der Waals surface area (Å²) >= 11 is 0. The van der Waals surface area contributed by atoms with Crippen molar-refractivity contribution in [2.24, 2.45) is 0 Å². The minimum Gasteiger partial charge on any atom is -0.406 e. The highest BCUT2D eigenvalue weighted by Crippen LogP contribution is 2.39. The molecule has 0 spiro atoms. The van der Waals surface area contributed by atoms with Gasteiger partial charge in [0.1, 0.15) is 23.2 Å². The molecule has 0 unspecified atom stereocenters. The minimum atomic E-state index is -4.68. The summed E-state index contributed by atoms with van der Waals surface area (Å²) in [5.74, 6) is 2.82. The number of benzene rings is 1. The molecule has 1 aliphatic carbocycles. The highest BCUT2D eigenvalue weighted by Gasteiger charge is 2.32. The molecule has 1 saturated carbocycles. The molecule has 1 aliphatic heterocycles. The lowest BCUT2D eigenvalue weighted by molar-refractivity contribution is -0.274. The largest absolute Gasteiger partial charge is 0.573 e. The Labute approximate surface area is 174 Å². The van der Waals surface area contributed by atoms with Gasteiger partial charge < -0.3 is 19.9 Å². The smallest absolute Gasteiger partial charge is 0.406 e. The number of alkyl halides is 3. The minimum absolute atomic E-state index is 0.167. The first-order valence-electron chi connectivity index (χ1n) is 10.2. The fourth-order valence-electron chi connectivity index (χ4n) is 3.56. The van der Waals surface area contributed by atoms with Gasteiger partial charge in [-0.3, -0.25) is 0 Å². The zero-order valence-corrected chi connectivity index (χ0v) is 17.2. The average molecular weight is 421 g/mol. The Kier molecular flexibility index (Phi) is 5.73. The summed E-state index contributed by atoms with van der Waals surface area (Å²) < 4.78 is 41.5. The number of fused-ring (bicyclic) bond motifs is 1. The number of rotatable bonds is 7. The van der Waals surface area contributed by atoms with Crippen molar-refractivity contribution in [3.05, 3.63) is 41.2 Å². The lowest BCUT2D eigenvalue weighted by Gasteiger charge is -2.30. The number of nitrogens with zero attached hydrogens (tertiary/aromatic N) is 4. The van der Waals surface area contributed by atoms with E-state index < -0.39 is 6.36 Å². The van der Waals surface area contributed by atoms with Crippen LogP contribution >= 0.6 is 0 Å². The van der Waals surface area contributed by atoms with Gasteiger partial charge in [0.05, 0.1) is 0 Å². The van der Waals surface area contributed by atoms with Gasteiger partial charge in [-0.1, -0.05) is 6.07 Å². The maximum atomic E-state index is 12.5. The average Bonchev–Trinajstić information content (AvgIpc) is 3.51. The van der Waals surface area contributed by atoms with Crippen LogP contribution in [-0.4, -0.2) is 55.0 Å². The van der Waals surface area contributed by atoms with Gasteiger partial charge >= 0.3 is 6.36 Å². The quantitative estimate of drug-likeness (QED) is 0.734. The molecule has 6 nitrogen and oxygen atoms in total. The van der Waals surface area contributed by atoms with E-state index in [1.165, 1.54) is 12.1 Å². The Balaban J connectivity index is 1.51. The monoisotopic (exact) mass is 421 g/mol. The van der Waals surface area contributed by atoms with Crippen LogP contribution in [-0.2, 0) is 13.0 Å². The predicted octanol–water partition coefficient (Wildman–Crippen LogP) is 3.79. The van der Waals surface area contributed by atoms with Gasteiger partial charge in [0, 0.05) is 38.2 Å². The first-order valence-corrected chi connectivity index (χ1v) is 10.2. The molecule has 1 aromatic heterocycles. The lowest BCUT2D eigenvalue weighted by Crippen LogP contribution is -2.31. The van der Waals surface area contributed by atoms with Crippen LogP contribution in [0.4, 0.5) is 24.8 Å². The van der Waals surface area contributed by atoms with Crippen molar-refractivity contribution in [3.8, 4) is 5.75 Å². The lowest BCUT2D eigenvalue weighted by atomic mass is 9.99. The van der Waals surface area contributed by atoms with Crippen LogP contribution in [0.1, 0.15) is 35.7 Å². The second kappa shape index (κ2) is 8.29. The first-order chi connectivity index (χ1) is 14.3. The maximum absolute atomic E-state index is 12.5. The van der Waals surface area contributed by atoms with Crippen molar-refractivity contribution in [2.45, 2.75) is 38.1 Å². The van der Waals surface area contributed by atoms with Gasteiger partial charge in [-0.25, -0.2) is 9.97 Å². The summed E-state index contributed by atoms with van der Waals surface area (Å²) in [5, 5.41) is 3.38. The summed E-state index contributed by atoms with van der Waals surface area (Å²) in [6, 6.07) is 6.54. The van der Waals surface area contributed by atoms with Gasteiger partial charge in [-0.15, -0.1) is 13.2 Å². The van der Waals surface area contributed by atoms with Crippen LogP contribution in [0.2, 0.25) is 0 Å². The maximum Gasteiger partial charge on any atom is 0.573 e. The summed E-state index contributed by atoms with van der Waals surface area (Å²) in [7, 11) is 4.05. The third kappa shape index (κ3) is 5.33. The van der Waals surface area contributed by atoms with Gasteiger partial charge in [0.15, 0.2) is 0 Å². The molecule has 1 aromatic carbocycles. The molecule has 1 fully saturated rings. The van der Waals surface area contributed by atoms with E-state index in [-0.39, 0.29) is 5.75 Å². The number of halogens is 3. The fraction of sp³-hybridized carbons (Fsp3) is 0.524. The Morgan fingerprint density at radius 2 is 1.97 bits per heavy atom. The second-order valence-corrected chi connectivity index (χ2v) is 8.12. The van der Waals surface area contributed by atoms with E-state index in [0.29, 0.717) is 25.4 Å². The third-order valence-corrected chi connectivity index (χ3v) is 5.29. The van der Waals surface area contributed by atoms with E-state index in [0.717, 1.165) is 54.5 Å². The molecule has 2 aromatic rings. The van der Waals surface area contributed by atoms with Crippen LogP contribution in [0.3, 0.4) is 0 Å². The topological polar surface area (TPSA) is 53.5 Å². The van der Waals surface area contributed by atoms with Crippen LogP contribution in [0.5, 0.6) is 5.75 Å². The number of nitrogens with one attached hydrogen (secondary N) is 1. The Morgan fingerprint density at radius 3 is 2.67 bits per heavy atom. The second-order valence-electron chi connectivity index (χ2n) is 8.12. The SMILES string of the molecule is CN(C)CCNc1cc(N2CCc3cc(OC(F)(F)F)ccc3C2)nc(C2CC2)n1. The summed E-state index contributed by atoms with van der Waals surface area (Å²) in [6.45, 7) is 2.97. The standard InChI is InChI=1S/C21H26F3N5O/c1-28(2)10-8-25-18-12-19(27-20(26-18)14-3-4-14)29-9-7-15-11-17(30-21(22,23)24)6-5-16(15)13-29/h5-6,11-12,14H,3-4,7-10,13H2,1-2H3,(H,25,26,27). The molecule has 30 heavy (non-hydrogen) atoms. The summed E-state index contributed by atoms with van der Waals surface area (Å²) in [6.07, 6.45) is -1.81. The van der Waals surface area contributed by atoms with E-state index in [9.17, 15) is 13.2 Å². The Bertz CT molecular complexity index is 899. The van der Waals surface area contributed by atoms with Gasteiger partial charge in [0.25, 0.3) is 0 Å². The van der Waals surface area contributed by atoms with Crippen molar-refractivity contribution >= 4 is 11.6 Å². The molecule has 0 atom stereocenters. The molecule has 0 saturated heterocycles. The number of likely N-dealkylation sites (N-methyl/N-ethyl adjacent to an activating group) is 1. The first kappa shape index (κ1) is 20.7. The molecular formula is C21H26F3N5O.